The third-order valence-corrected chi connectivity index (χ3v) is 4.90. The molecule has 2 heterocycles. The van der Waals surface area contributed by atoms with Gasteiger partial charge in [-0.05, 0) is 55.7 Å². The minimum atomic E-state index is 0.198. The van der Waals surface area contributed by atoms with Crippen LogP contribution in [0.2, 0.25) is 5.02 Å². The summed E-state index contributed by atoms with van der Waals surface area (Å²) in [7, 11) is 0. The number of hydrogen-bond acceptors (Lipinski definition) is 2. The molecule has 2 aliphatic rings. The molecule has 1 aromatic rings. The van der Waals surface area contributed by atoms with Crippen LogP contribution in [0.25, 0.3) is 0 Å². The van der Waals surface area contributed by atoms with Gasteiger partial charge in [-0.25, -0.2) is 0 Å². The van der Waals surface area contributed by atoms with Crippen molar-refractivity contribution in [3.05, 3.63) is 34.9 Å². The number of carbonyl (C=O) groups is 1. The van der Waals surface area contributed by atoms with Gasteiger partial charge in [0.05, 0.1) is 0 Å². The minimum absolute atomic E-state index is 0.198. The molecule has 0 spiro atoms. The standard InChI is InChI=1S/C17H23ClN2O/c18-14-3-1-2-12(8-14)6-7-19-17(21)11-13-9-15-4-5-16(10-13)20-15/h1-3,8,13,15-16,20H,4-7,9-11H2,(H,19,21). The van der Waals surface area contributed by atoms with Gasteiger partial charge in [0.15, 0.2) is 0 Å². The van der Waals surface area contributed by atoms with E-state index >= 15 is 0 Å². The van der Waals surface area contributed by atoms with E-state index in [-0.39, 0.29) is 5.91 Å². The number of piperidine rings is 1. The first-order valence-electron chi connectivity index (χ1n) is 7.96. The summed E-state index contributed by atoms with van der Waals surface area (Å²) in [5, 5.41) is 7.42. The highest BCUT2D eigenvalue weighted by Crippen LogP contribution is 2.32. The molecule has 2 saturated heterocycles. The Labute approximate surface area is 131 Å². The second-order valence-electron chi connectivity index (χ2n) is 6.41. The lowest BCUT2D eigenvalue weighted by molar-refractivity contribution is -0.122. The second kappa shape index (κ2) is 6.80. The van der Waals surface area contributed by atoms with Crippen molar-refractivity contribution >= 4 is 17.5 Å². The summed E-state index contributed by atoms with van der Waals surface area (Å²) < 4.78 is 0. The maximum atomic E-state index is 12.0. The zero-order chi connectivity index (χ0) is 14.7. The lowest BCUT2D eigenvalue weighted by atomic mass is 9.89. The normalized spacial score (nSPS) is 27.6. The summed E-state index contributed by atoms with van der Waals surface area (Å²) in [4.78, 5) is 12.0. The van der Waals surface area contributed by atoms with Crippen LogP contribution >= 0.6 is 11.6 Å². The molecule has 2 atom stereocenters. The first-order valence-corrected chi connectivity index (χ1v) is 8.34. The van der Waals surface area contributed by atoms with Crippen molar-refractivity contribution in [2.45, 2.75) is 50.6 Å². The molecule has 21 heavy (non-hydrogen) atoms. The lowest BCUT2D eigenvalue weighted by Gasteiger charge is -2.28. The molecular formula is C17H23ClN2O. The SMILES string of the molecule is O=C(CC1CC2CCC(C1)N2)NCCc1cccc(Cl)c1. The van der Waals surface area contributed by atoms with E-state index in [4.69, 9.17) is 11.6 Å². The second-order valence-corrected chi connectivity index (χ2v) is 6.85. The summed E-state index contributed by atoms with van der Waals surface area (Å²) in [6, 6.07) is 9.14. The van der Waals surface area contributed by atoms with Crippen LogP contribution in [-0.2, 0) is 11.2 Å². The van der Waals surface area contributed by atoms with Gasteiger partial charge in [0, 0.05) is 30.1 Å². The summed E-state index contributed by atoms with van der Waals surface area (Å²) in [6.07, 6.45) is 6.43. The van der Waals surface area contributed by atoms with Gasteiger partial charge in [-0.1, -0.05) is 23.7 Å². The molecule has 2 N–H and O–H groups in total. The van der Waals surface area contributed by atoms with E-state index in [2.05, 4.69) is 10.6 Å². The number of hydrogen-bond donors (Lipinski definition) is 2. The molecule has 1 aromatic carbocycles. The topological polar surface area (TPSA) is 41.1 Å². The van der Waals surface area contributed by atoms with Gasteiger partial charge in [0.25, 0.3) is 0 Å². The third-order valence-electron chi connectivity index (χ3n) is 4.67. The van der Waals surface area contributed by atoms with Crippen molar-refractivity contribution in [2.24, 2.45) is 5.92 Å². The molecule has 114 valence electrons. The number of halogens is 1. The fourth-order valence-corrected chi connectivity index (χ4v) is 3.93. The number of nitrogens with one attached hydrogen (secondary N) is 2. The van der Waals surface area contributed by atoms with E-state index in [0.29, 0.717) is 31.0 Å². The van der Waals surface area contributed by atoms with Gasteiger partial charge in [-0.15, -0.1) is 0 Å². The molecule has 0 radical (unpaired) electrons. The number of carbonyl (C=O) groups excluding carboxylic acids is 1. The van der Waals surface area contributed by atoms with Crippen molar-refractivity contribution < 1.29 is 4.79 Å². The monoisotopic (exact) mass is 306 g/mol. The van der Waals surface area contributed by atoms with Crippen molar-refractivity contribution in [2.75, 3.05) is 6.54 Å². The van der Waals surface area contributed by atoms with E-state index in [1.807, 2.05) is 24.3 Å². The third kappa shape index (κ3) is 4.21. The highest BCUT2D eigenvalue weighted by atomic mass is 35.5. The van der Waals surface area contributed by atoms with Crippen LogP contribution in [-0.4, -0.2) is 24.5 Å². The number of rotatable bonds is 5. The summed E-state index contributed by atoms with van der Waals surface area (Å²) in [6.45, 7) is 0.691. The van der Waals surface area contributed by atoms with Crippen LogP contribution in [0.5, 0.6) is 0 Å². The highest BCUT2D eigenvalue weighted by molar-refractivity contribution is 6.30. The average Bonchev–Trinajstić information content (AvgIpc) is 2.78. The zero-order valence-corrected chi connectivity index (χ0v) is 13.0. The fourth-order valence-electron chi connectivity index (χ4n) is 3.71. The van der Waals surface area contributed by atoms with Gasteiger partial charge in [-0.3, -0.25) is 4.79 Å². The van der Waals surface area contributed by atoms with Gasteiger partial charge in [0.2, 0.25) is 5.91 Å². The zero-order valence-electron chi connectivity index (χ0n) is 12.3. The predicted molar refractivity (Wildman–Crippen MR) is 85.5 cm³/mol. The van der Waals surface area contributed by atoms with Gasteiger partial charge in [0.1, 0.15) is 0 Å². The van der Waals surface area contributed by atoms with Crippen LogP contribution < -0.4 is 10.6 Å². The van der Waals surface area contributed by atoms with E-state index in [9.17, 15) is 4.79 Å². The molecule has 1 amide bonds. The molecule has 3 rings (SSSR count). The maximum Gasteiger partial charge on any atom is 0.220 e. The van der Waals surface area contributed by atoms with Gasteiger partial charge >= 0.3 is 0 Å². The van der Waals surface area contributed by atoms with E-state index in [1.54, 1.807) is 0 Å². The molecule has 2 aliphatic heterocycles. The molecular weight excluding hydrogens is 284 g/mol. The Morgan fingerprint density at radius 1 is 1.29 bits per heavy atom. The average molecular weight is 307 g/mol. The van der Waals surface area contributed by atoms with Crippen molar-refractivity contribution in [3.63, 3.8) is 0 Å². The van der Waals surface area contributed by atoms with Crippen molar-refractivity contribution in [1.29, 1.82) is 0 Å². The lowest BCUT2D eigenvalue weighted by Crippen LogP contribution is -2.39. The van der Waals surface area contributed by atoms with Gasteiger partial charge in [-0.2, -0.15) is 0 Å². The highest BCUT2D eigenvalue weighted by Gasteiger charge is 2.33. The van der Waals surface area contributed by atoms with Crippen molar-refractivity contribution in [3.8, 4) is 0 Å². The molecule has 0 aliphatic carbocycles. The fraction of sp³-hybridized carbons (Fsp3) is 0.588. The Balaban J connectivity index is 1.38. The minimum Gasteiger partial charge on any atom is -0.356 e. The Kier molecular flexibility index (Phi) is 4.81. The summed E-state index contributed by atoms with van der Waals surface area (Å²) >= 11 is 5.96. The molecule has 2 fully saturated rings. The molecule has 2 bridgehead atoms. The Hall–Kier alpha value is -1.06. The molecule has 0 aromatic heterocycles. The molecule has 3 nitrogen and oxygen atoms in total. The van der Waals surface area contributed by atoms with Gasteiger partial charge < -0.3 is 10.6 Å². The largest absolute Gasteiger partial charge is 0.356 e. The van der Waals surface area contributed by atoms with Crippen LogP contribution in [0.4, 0.5) is 0 Å². The van der Waals surface area contributed by atoms with Crippen LogP contribution in [0.1, 0.15) is 37.7 Å². The molecule has 0 saturated carbocycles. The Morgan fingerprint density at radius 3 is 2.76 bits per heavy atom. The summed E-state index contributed by atoms with van der Waals surface area (Å²) in [5.74, 6) is 0.762. The smallest absolute Gasteiger partial charge is 0.220 e. The first-order chi connectivity index (χ1) is 10.2. The Morgan fingerprint density at radius 2 is 2.05 bits per heavy atom. The molecule has 2 unspecified atom stereocenters. The van der Waals surface area contributed by atoms with Crippen LogP contribution in [0.15, 0.2) is 24.3 Å². The quantitative estimate of drug-likeness (QED) is 0.878. The Bertz CT molecular complexity index is 493. The maximum absolute atomic E-state index is 12.0. The number of fused-ring (bicyclic) bond motifs is 2. The predicted octanol–water partition coefficient (Wildman–Crippen LogP) is 2.92. The number of amides is 1. The van der Waals surface area contributed by atoms with E-state index < -0.39 is 0 Å². The first kappa shape index (κ1) is 14.9. The number of benzene rings is 1. The van der Waals surface area contributed by atoms with E-state index in [1.165, 1.54) is 18.4 Å². The van der Waals surface area contributed by atoms with Crippen LogP contribution in [0.3, 0.4) is 0 Å². The molecule has 4 heteroatoms. The summed E-state index contributed by atoms with van der Waals surface area (Å²) in [5.41, 5.74) is 1.17. The van der Waals surface area contributed by atoms with E-state index in [0.717, 1.165) is 24.3 Å². The van der Waals surface area contributed by atoms with Crippen molar-refractivity contribution in [1.82, 2.24) is 10.6 Å². The van der Waals surface area contributed by atoms with Crippen LogP contribution in [0, 0.1) is 5.92 Å².